The topological polar surface area (TPSA) is 106 Å². The SMILES string of the molecule is CCc1ccc(NC(=O)[C@H](C)NC(=O)C2CCN(C(=O)[C@@H]([NH3+])CC(C)C)CC2)cc1.[Cl-]. The number of hydrogen-bond donors (Lipinski definition) is 3. The minimum Gasteiger partial charge on any atom is -1.00 e. The molecule has 0 unspecified atom stereocenters. The molecule has 0 bridgehead atoms. The fourth-order valence-corrected chi connectivity index (χ4v) is 3.76. The highest BCUT2D eigenvalue weighted by Crippen LogP contribution is 2.19. The van der Waals surface area contributed by atoms with E-state index in [2.05, 4.69) is 37.1 Å². The Morgan fingerprint density at radius 1 is 1.10 bits per heavy atom. The Hall–Kier alpha value is -2.12. The highest BCUT2D eigenvalue weighted by Gasteiger charge is 2.32. The van der Waals surface area contributed by atoms with Gasteiger partial charge in [-0.05, 0) is 49.8 Å². The predicted octanol–water partition coefficient (Wildman–Crippen LogP) is -1.41. The first-order chi connectivity index (χ1) is 14.2. The van der Waals surface area contributed by atoms with Crippen molar-refractivity contribution in [3.63, 3.8) is 0 Å². The van der Waals surface area contributed by atoms with Crippen molar-refractivity contribution >= 4 is 23.4 Å². The van der Waals surface area contributed by atoms with E-state index in [4.69, 9.17) is 0 Å². The van der Waals surface area contributed by atoms with Crippen molar-refractivity contribution < 1.29 is 32.5 Å². The molecule has 1 fully saturated rings. The van der Waals surface area contributed by atoms with E-state index in [-0.39, 0.29) is 42.1 Å². The Morgan fingerprint density at radius 3 is 2.19 bits per heavy atom. The van der Waals surface area contributed by atoms with E-state index >= 15 is 0 Å². The number of quaternary nitrogens is 1. The van der Waals surface area contributed by atoms with Crippen LogP contribution in [0.4, 0.5) is 5.69 Å². The average Bonchev–Trinajstić information content (AvgIpc) is 2.73. The van der Waals surface area contributed by atoms with Gasteiger partial charge in [-0.15, -0.1) is 0 Å². The molecule has 0 radical (unpaired) electrons. The molecule has 1 saturated heterocycles. The van der Waals surface area contributed by atoms with Gasteiger partial charge in [0.1, 0.15) is 6.04 Å². The predicted molar refractivity (Wildman–Crippen MR) is 117 cm³/mol. The van der Waals surface area contributed by atoms with Gasteiger partial charge < -0.3 is 33.7 Å². The molecule has 7 nitrogen and oxygen atoms in total. The number of aryl methyl sites for hydroxylation is 1. The molecule has 31 heavy (non-hydrogen) atoms. The maximum absolute atomic E-state index is 12.6. The second-order valence-electron chi connectivity index (χ2n) is 8.70. The molecule has 2 atom stereocenters. The van der Waals surface area contributed by atoms with Gasteiger partial charge in [0.05, 0.1) is 0 Å². The van der Waals surface area contributed by atoms with Gasteiger partial charge in [-0.1, -0.05) is 32.9 Å². The summed E-state index contributed by atoms with van der Waals surface area (Å²) in [5.41, 5.74) is 5.91. The average molecular weight is 453 g/mol. The number of benzene rings is 1. The Balaban J connectivity index is 0.00000480. The number of hydrogen-bond acceptors (Lipinski definition) is 3. The van der Waals surface area contributed by atoms with Crippen LogP contribution < -0.4 is 28.8 Å². The summed E-state index contributed by atoms with van der Waals surface area (Å²) in [5, 5.41) is 5.66. The van der Waals surface area contributed by atoms with Crippen molar-refractivity contribution in [2.45, 2.75) is 65.5 Å². The number of likely N-dealkylation sites (tertiary alicyclic amines) is 1. The number of piperidine rings is 1. The zero-order valence-electron chi connectivity index (χ0n) is 19.1. The van der Waals surface area contributed by atoms with Crippen LogP contribution in [-0.2, 0) is 20.8 Å². The minimum absolute atomic E-state index is 0. The second-order valence-corrected chi connectivity index (χ2v) is 8.70. The van der Waals surface area contributed by atoms with Gasteiger partial charge in [-0.25, -0.2) is 0 Å². The molecule has 0 saturated carbocycles. The molecule has 1 aliphatic rings. The first kappa shape index (κ1) is 26.9. The summed E-state index contributed by atoms with van der Waals surface area (Å²) in [5.74, 6) is -0.0453. The first-order valence-corrected chi connectivity index (χ1v) is 11.0. The first-order valence-electron chi connectivity index (χ1n) is 11.0. The second kappa shape index (κ2) is 12.7. The number of carbonyl (C=O) groups excluding carboxylic acids is 3. The number of anilines is 1. The molecular formula is C23H37ClN4O3. The molecule has 0 aromatic heterocycles. The molecule has 8 heteroatoms. The van der Waals surface area contributed by atoms with E-state index in [0.29, 0.717) is 37.5 Å². The van der Waals surface area contributed by atoms with E-state index in [1.165, 1.54) is 5.56 Å². The highest BCUT2D eigenvalue weighted by atomic mass is 35.5. The zero-order valence-corrected chi connectivity index (χ0v) is 19.9. The van der Waals surface area contributed by atoms with Crippen LogP contribution in [0, 0.1) is 11.8 Å². The largest absolute Gasteiger partial charge is 1.00 e. The van der Waals surface area contributed by atoms with Gasteiger partial charge in [0, 0.05) is 31.1 Å². The van der Waals surface area contributed by atoms with Crippen LogP contribution in [0.1, 0.15) is 52.5 Å². The standard InChI is InChI=1S/C23H36N4O3.ClH/c1-5-17-6-8-19(9-7-17)26-21(28)16(4)25-22(29)18-10-12-27(13-11-18)23(30)20(24)14-15(2)3;/h6-9,15-16,18,20H,5,10-14,24H2,1-4H3,(H,25,29)(H,26,28);1H/t16-,20-;/m0./s1. The van der Waals surface area contributed by atoms with Crippen molar-refractivity contribution in [3.05, 3.63) is 29.8 Å². The summed E-state index contributed by atoms with van der Waals surface area (Å²) in [6.07, 6.45) is 2.93. The smallest absolute Gasteiger partial charge is 0.280 e. The number of amides is 3. The molecule has 174 valence electrons. The van der Waals surface area contributed by atoms with Crippen LogP contribution in [0.3, 0.4) is 0 Å². The van der Waals surface area contributed by atoms with Crippen LogP contribution in [0.15, 0.2) is 24.3 Å². The van der Waals surface area contributed by atoms with Crippen molar-refractivity contribution in [1.82, 2.24) is 10.2 Å². The molecule has 2 rings (SSSR count). The van der Waals surface area contributed by atoms with Crippen LogP contribution in [0.5, 0.6) is 0 Å². The number of halogens is 1. The summed E-state index contributed by atoms with van der Waals surface area (Å²) in [4.78, 5) is 39.3. The summed E-state index contributed by atoms with van der Waals surface area (Å²) in [7, 11) is 0. The number of carbonyl (C=O) groups is 3. The molecule has 5 N–H and O–H groups in total. The molecule has 0 aliphatic carbocycles. The van der Waals surface area contributed by atoms with Crippen LogP contribution in [-0.4, -0.2) is 47.8 Å². The van der Waals surface area contributed by atoms with E-state index in [1.54, 1.807) is 6.92 Å². The molecule has 3 amide bonds. The van der Waals surface area contributed by atoms with Gasteiger partial charge in [0.15, 0.2) is 6.04 Å². The lowest BCUT2D eigenvalue weighted by Crippen LogP contribution is -3.00. The van der Waals surface area contributed by atoms with Gasteiger partial charge in [0.2, 0.25) is 11.8 Å². The third-order valence-corrected chi connectivity index (χ3v) is 5.66. The monoisotopic (exact) mass is 452 g/mol. The van der Waals surface area contributed by atoms with Crippen molar-refractivity contribution in [1.29, 1.82) is 0 Å². The third-order valence-electron chi connectivity index (χ3n) is 5.66. The Kier molecular flexibility index (Phi) is 11.0. The lowest BCUT2D eigenvalue weighted by atomic mass is 9.94. The van der Waals surface area contributed by atoms with Crippen LogP contribution >= 0.6 is 0 Å². The molecule has 0 spiro atoms. The minimum atomic E-state index is -0.627. The van der Waals surface area contributed by atoms with Gasteiger partial charge in [-0.2, -0.15) is 0 Å². The van der Waals surface area contributed by atoms with Crippen molar-refractivity contribution in [3.8, 4) is 0 Å². The Labute approximate surface area is 191 Å². The van der Waals surface area contributed by atoms with Crippen LogP contribution in [0.2, 0.25) is 0 Å². The maximum atomic E-state index is 12.6. The van der Waals surface area contributed by atoms with E-state index in [0.717, 1.165) is 12.8 Å². The zero-order chi connectivity index (χ0) is 22.3. The number of nitrogens with one attached hydrogen (secondary N) is 2. The quantitative estimate of drug-likeness (QED) is 0.451. The van der Waals surface area contributed by atoms with Crippen molar-refractivity contribution in [2.24, 2.45) is 11.8 Å². The lowest BCUT2D eigenvalue weighted by molar-refractivity contribution is -0.408. The fourth-order valence-electron chi connectivity index (χ4n) is 3.76. The molecule has 1 aromatic rings. The lowest BCUT2D eigenvalue weighted by Gasteiger charge is -2.32. The summed E-state index contributed by atoms with van der Waals surface area (Å²) in [6, 6.07) is 6.83. The number of nitrogens with zero attached hydrogens (tertiary/aromatic N) is 1. The highest BCUT2D eigenvalue weighted by molar-refractivity contribution is 5.97. The van der Waals surface area contributed by atoms with Gasteiger partial charge in [-0.3, -0.25) is 14.4 Å². The maximum Gasteiger partial charge on any atom is 0.280 e. The third kappa shape index (κ3) is 8.15. The normalized spacial score (nSPS) is 16.3. The molecule has 1 aromatic carbocycles. The summed E-state index contributed by atoms with van der Waals surface area (Å²) >= 11 is 0. The van der Waals surface area contributed by atoms with Gasteiger partial charge >= 0.3 is 0 Å². The van der Waals surface area contributed by atoms with E-state index in [9.17, 15) is 14.4 Å². The number of rotatable bonds is 8. The molecule has 1 aliphatic heterocycles. The van der Waals surface area contributed by atoms with Crippen LogP contribution in [0.25, 0.3) is 0 Å². The summed E-state index contributed by atoms with van der Waals surface area (Å²) in [6.45, 7) is 9.05. The summed E-state index contributed by atoms with van der Waals surface area (Å²) < 4.78 is 0. The molecule has 1 heterocycles. The Morgan fingerprint density at radius 2 is 1.68 bits per heavy atom. The fraction of sp³-hybridized carbons (Fsp3) is 0.609. The van der Waals surface area contributed by atoms with E-state index < -0.39 is 6.04 Å². The van der Waals surface area contributed by atoms with Gasteiger partial charge in [0.25, 0.3) is 5.91 Å². The molecular weight excluding hydrogens is 416 g/mol. The Bertz CT molecular complexity index is 731. The van der Waals surface area contributed by atoms with Crippen molar-refractivity contribution in [2.75, 3.05) is 18.4 Å². The van der Waals surface area contributed by atoms with E-state index in [1.807, 2.05) is 29.2 Å².